The highest BCUT2D eigenvalue weighted by Gasteiger charge is 2.22. The molecule has 9 heteroatoms. The maximum atomic E-state index is 12.8. The first kappa shape index (κ1) is 72.9. The lowest BCUT2D eigenvalue weighted by molar-refractivity contribution is -0.870. The second-order valence-electron chi connectivity index (χ2n) is 20.5. The van der Waals surface area contributed by atoms with Crippen molar-refractivity contribution < 1.29 is 42.9 Å². The van der Waals surface area contributed by atoms with Gasteiger partial charge >= 0.3 is 11.9 Å². The van der Waals surface area contributed by atoms with Crippen LogP contribution in [-0.4, -0.2) is 82.3 Å². The molecule has 0 aliphatic rings. The van der Waals surface area contributed by atoms with Gasteiger partial charge in [0.05, 0.1) is 40.3 Å². The SMILES string of the molecule is CC/C=C\C/C=C\C/C=C\C/C=C\C/C=C\C/C=C\C/C=C\C/C=C\C/C=C\C/C=C\C/C=C\C/C=C\CCCCC(=O)OC(COC(=O)CCCCCCC/C=C\CCCCCCC)COC(OCC[N+](C)(C)C)C(=O)[O-]. The number of esters is 2. The number of quaternary nitrogens is 1. The van der Waals surface area contributed by atoms with E-state index >= 15 is 0 Å². The summed E-state index contributed by atoms with van der Waals surface area (Å²) in [5.74, 6) is -2.38. The average molecular weight is 1080 g/mol. The van der Waals surface area contributed by atoms with Crippen LogP contribution in [0.5, 0.6) is 0 Å². The number of carboxylic acid groups (broad SMARTS) is 1. The third-order valence-corrected chi connectivity index (χ3v) is 12.0. The number of unbranched alkanes of at least 4 members (excludes halogenated alkanes) is 12. The quantitative estimate of drug-likeness (QED) is 0.0195. The third kappa shape index (κ3) is 58.6. The normalized spacial score (nSPS) is 13.9. The predicted molar refractivity (Wildman–Crippen MR) is 328 cm³/mol. The summed E-state index contributed by atoms with van der Waals surface area (Å²) in [5.41, 5.74) is 0. The summed E-state index contributed by atoms with van der Waals surface area (Å²) in [5, 5.41) is 11.8. The summed E-state index contributed by atoms with van der Waals surface area (Å²) >= 11 is 0. The summed E-state index contributed by atoms with van der Waals surface area (Å²) < 4.78 is 22.6. The molecular formula is C69H109NO8. The van der Waals surface area contributed by atoms with Gasteiger partial charge in [0.25, 0.3) is 0 Å². The summed E-state index contributed by atoms with van der Waals surface area (Å²) in [4.78, 5) is 37.2. The third-order valence-electron chi connectivity index (χ3n) is 12.0. The summed E-state index contributed by atoms with van der Waals surface area (Å²) in [6, 6.07) is 0. The van der Waals surface area contributed by atoms with Crippen LogP contribution in [0.15, 0.2) is 158 Å². The number of hydrogen-bond acceptors (Lipinski definition) is 8. The maximum absolute atomic E-state index is 12.8. The van der Waals surface area contributed by atoms with Gasteiger partial charge in [-0.1, -0.05) is 217 Å². The number of rotatable bonds is 53. The van der Waals surface area contributed by atoms with Gasteiger partial charge in [-0.3, -0.25) is 9.59 Å². The van der Waals surface area contributed by atoms with Crippen molar-refractivity contribution in [1.82, 2.24) is 0 Å². The van der Waals surface area contributed by atoms with E-state index in [2.05, 4.69) is 172 Å². The van der Waals surface area contributed by atoms with Crippen LogP contribution in [0.2, 0.25) is 0 Å². The van der Waals surface area contributed by atoms with E-state index < -0.39 is 24.3 Å². The molecule has 0 saturated carbocycles. The number of aliphatic carboxylic acids is 1. The van der Waals surface area contributed by atoms with Crippen LogP contribution in [-0.2, 0) is 33.3 Å². The van der Waals surface area contributed by atoms with E-state index in [1.54, 1.807) is 0 Å². The second kappa shape index (κ2) is 58.1. The number of nitrogens with zero attached hydrogens (tertiary/aromatic N) is 1. The molecule has 78 heavy (non-hydrogen) atoms. The molecule has 0 aromatic heterocycles. The van der Waals surface area contributed by atoms with E-state index in [9.17, 15) is 19.5 Å². The van der Waals surface area contributed by atoms with Gasteiger partial charge in [0.2, 0.25) is 0 Å². The van der Waals surface area contributed by atoms with Crippen molar-refractivity contribution in [2.24, 2.45) is 0 Å². The highest BCUT2D eigenvalue weighted by atomic mass is 16.7. The molecule has 0 fully saturated rings. The number of carboxylic acids is 1. The minimum Gasteiger partial charge on any atom is -0.545 e. The Morgan fingerprint density at radius 3 is 1.13 bits per heavy atom. The van der Waals surface area contributed by atoms with Crippen LogP contribution in [0.1, 0.15) is 200 Å². The van der Waals surface area contributed by atoms with Crippen LogP contribution in [0, 0.1) is 0 Å². The Balaban J connectivity index is 4.31. The van der Waals surface area contributed by atoms with Crippen molar-refractivity contribution in [3.8, 4) is 0 Å². The number of hydrogen-bond donors (Lipinski definition) is 0. The Kier molecular flexibility index (Phi) is 54.3. The number of carbonyl (C=O) groups is 3. The van der Waals surface area contributed by atoms with Gasteiger partial charge in [-0.05, 0) is 128 Å². The molecular weight excluding hydrogens is 971 g/mol. The summed E-state index contributed by atoms with van der Waals surface area (Å²) in [6.45, 7) is 4.53. The molecule has 9 nitrogen and oxygen atoms in total. The fraction of sp³-hybridized carbons (Fsp3) is 0.580. The van der Waals surface area contributed by atoms with Gasteiger partial charge in [0.15, 0.2) is 12.4 Å². The highest BCUT2D eigenvalue weighted by molar-refractivity contribution is 5.70. The molecule has 0 radical (unpaired) electrons. The van der Waals surface area contributed by atoms with Crippen molar-refractivity contribution in [2.45, 2.75) is 212 Å². The molecule has 0 aromatic rings. The van der Waals surface area contributed by atoms with Crippen molar-refractivity contribution >= 4 is 17.9 Å². The average Bonchev–Trinajstić information content (AvgIpc) is 3.41. The molecule has 0 N–H and O–H groups in total. The number of likely N-dealkylation sites (N-methyl/N-ethyl adjacent to an activating group) is 1. The molecule has 0 heterocycles. The van der Waals surface area contributed by atoms with Crippen molar-refractivity contribution in [3.05, 3.63) is 158 Å². The van der Waals surface area contributed by atoms with Crippen LogP contribution < -0.4 is 5.11 Å². The smallest absolute Gasteiger partial charge is 0.306 e. The Morgan fingerprint density at radius 2 is 0.731 bits per heavy atom. The topological polar surface area (TPSA) is 111 Å². The molecule has 438 valence electrons. The fourth-order valence-corrected chi connectivity index (χ4v) is 7.39. The van der Waals surface area contributed by atoms with Gasteiger partial charge in [-0.2, -0.15) is 0 Å². The van der Waals surface area contributed by atoms with Gasteiger partial charge < -0.3 is 33.3 Å². The van der Waals surface area contributed by atoms with Gasteiger partial charge in [-0.15, -0.1) is 0 Å². The monoisotopic (exact) mass is 1080 g/mol. The van der Waals surface area contributed by atoms with Gasteiger partial charge in [-0.25, -0.2) is 0 Å². The zero-order chi connectivity index (χ0) is 56.9. The minimum atomic E-state index is -1.64. The Labute approximate surface area is 476 Å². The van der Waals surface area contributed by atoms with Gasteiger partial charge in [0.1, 0.15) is 13.2 Å². The van der Waals surface area contributed by atoms with Crippen LogP contribution >= 0.6 is 0 Å². The standard InChI is InChI=1S/C69H109NO8/c1-6-8-10-12-14-16-18-20-22-23-24-25-26-27-28-29-30-31-32-33-34-35-36-37-38-39-40-41-42-43-44-45-46-48-50-52-54-56-58-60-67(72)78-65(64-77-69(68(73)74)75-62-61-70(3,4)5)63-76-66(71)59-57-55-53-51-49-47-21-19-17-15-13-11-9-7-2/h8,10,14,16,19-22,24-25,27-28,30-31,33-34,36-37,39-40,42-43,45-46,50,52,65,69H,6-7,9,11-13,15,17-18,23,26,29,32,35,38,41,44,47-49,51,53-64H2,1-5H3/b10-8-,16-14-,21-19-,22-20-,25-24-,28-27-,31-30-,34-33-,37-36-,40-39-,43-42-,46-45-,52-50-. The fourth-order valence-electron chi connectivity index (χ4n) is 7.39. The summed E-state index contributed by atoms with van der Waals surface area (Å²) in [6.07, 6.45) is 83.1. The van der Waals surface area contributed by atoms with E-state index in [-0.39, 0.29) is 38.6 Å². The van der Waals surface area contributed by atoms with Crippen LogP contribution in [0.4, 0.5) is 0 Å². The van der Waals surface area contributed by atoms with Crippen molar-refractivity contribution in [1.29, 1.82) is 0 Å². The zero-order valence-corrected chi connectivity index (χ0v) is 49.7. The summed E-state index contributed by atoms with van der Waals surface area (Å²) in [7, 11) is 5.89. The molecule has 0 rings (SSSR count). The lowest BCUT2D eigenvalue weighted by Gasteiger charge is -2.26. The lowest BCUT2D eigenvalue weighted by atomic mass is 10.1. The second-order valence-corrected chi connectivity index (χ2v) is 20.5. The maximum Gasteiger partial charge on any atom is 0.306 e. The van der Waals surface area contributed by atoms with E-state index in [0.29, 0.717) is 23.9 Å². The first-order chi connectivity index (χ1) is 38.1. The number of allylic oxidation sites excluding steroid dienone is 26. The molecule has 0 spiro atoms. The molecule has 0 aromatic carbocycles. The molecule has 0 aliphatic heterocycles. The van der Waals surface area contributed by atoms with Crippen LogP contribution in [0.3, 0.4) is 0 Å². The predicted octanol–water partition coefficient (Wildman–Crippen LogP) is 16.8. The van der Waals surface area contributed by atoms with E-state index in [4.69, 9.17) is 18.9 Å². The first-order valence-electron chi connectivity index (χ1n) is 30.1. The van der Waals surface area contributed by atoms with Gasteiger partial charge in [0, 0.05) is 12.8 Å². The number of carbonyl (C=O) groups excluding carboxylic acids is 3. The molecule has 2 atom stereocenters. The lowest BCUT2D eigenvalue weighted by Crippen LogP contribution is -2.44. The Morgan fingerprint density at radius 1 is 0.397 bits per heavy atom. The Hall–Kier alpha value is -5.09. The largest absolute Gasteiger partial charge is 0.545 e. The molecule has 0 amide bonds. The highest BCUT2D eigenvalue weighted by Crippen LogP contribution is 2.12. The van der Waals surface area contributed by atoms with E-state index in [1.807, 2.05) is 21.1 Å². The van der Waals surface area contributed by atoms with Crippen molar-refractivity contribution in [2.75, 3.05) is 47.5 Å². The van der Waals surface area contributed by atoms with E-state index in [0.717, 1.165) is 122 Å². The minimum absolute atomic E-state index is 0.129. The zero-order valence-electron chi connectivity index (χ0n) is 49.7. The molecule has 0 aliphatic carbocycles. The van der Waals surface area contributed by atoms with E-state index in [1.165, 1.54) is 38.5 Å². The number of ether oxygens (including phenoxy) is 4. The van der Waals surface area contributed by atoms with Crippen LogP contribution in [0.25, 0.3) is 0 Å². The first-order valence-corrected chi connectivity index (χ1v) is 30.1. The molecule has 0 bridgehead atoms. The molecule has 2 unspecified atom stereocenters. The van der Waals surface area contributed by atoms with Crippen molar-refractivity contribution in [3.63, 3.8) is 0 Å². The Bertz CT molecular complexity index is 1830. The molecule has 0 saturated heterocycles.